The zero-order chi connectivity index (χ0) is 17.8. The summed E-state index contributed by atoms with van der Waals surface area (Å²) in [5, 5.41) is 22.5. The van der Waals surface area contributed by atoms with E-state index < -0.39 is 5.97 Å². The minimum absolute atomic E-state index is 0.0216. The van der Waals surface area contributed by atoms with Crippen molar-refractivity contribution in [3.05, 3.63) is 65.5 Å². The second-order valence-electron chi connectivity index (χ2n) is 5.07. The molecule has 0 saturated heterocycles. The summed E-state index contributed by atoms with van der Waals surface area (Å²) in [6.07, 6.45) is 1.36. The molecular formula is C17H15N3O4S. The SMILES string of the molecule is COC(=O)C(=C(O)CSc1cccc[n+]1[O-])c1nc2ccccc2[nH]1. The topological polar surface area (TPSA) is 102 Å². The van der Waals surface area contributed by atoms with Gasteiger partial charge in [-0.05, 0) is 30.0 Å². The zero-order valence-corrected chi connectivity index (χ0v) is 14.1. The lowest BCUT2D eigenvalue weighted by Crippen LogP contribution is -2.27. The van der Waals surface area contributed by atoms with E-state index in [0.717, 1.165) is 17.3 Å². The molecule has 25 heavy (non-hydrogen) atoms. The fourth-order valence-corrected chi connectivity index (χ4v) is 3.06. The number of benzene rings is 1. The Labute approximate surface area is 147 Å². The van der Waals surface area contributed by atoms with Crippen molar-refractivity contribution in [3.8, 4) is 0 Å². The van der Waals surface area contributed by atoms with Crippen molar-refractivity contribution in [3.63, 3.8) is 0 Å². The summed E-state index contributed by atoms with van der Waals surface area (Å²) in [7, 11) is 1.23. The number of imidazole rings is 1. The minimum Gasteiger partial charge on any atom is -0.618 e. The van der Waals surface area contributed by atoms with Gasteiger partial charge in [-0.1, -0.05) is 12.1 Å². The lowest BCUT2D eigenvalue weighted by molar-refractivity contribution is -0.645. The van der Waals surface area contributed by atoms with Crippen LogP contribution in [0.2, 0.25) is 0 Å². The number of rotatable bonds is 5. The number of thioether (sulfide) groups is 1. The van der Waals surface area contributed by atoms with Crippen molar-refractivity contribution in [2.24, 2.45) is 0 Å². The van der Waals surface area contributed by atoms with Crippen LogP contribution in [0.25, 0.3) is 16.6 Å². The highest BCUT2D eigenvalue weighted by Crippen LogP contribution is 2.24. The summed E-state index contributed by atoms with van der Waals surface area (Å²) in [6.45, 7) is 0. The van der Waals surface area contributed by atoms with Crippen LogP contribution >= 0.6 is 11.8 Å². The summed E-state index contributed by atoms with van der Waals surface area (Å²) in [5.74, 6) is -0.692. The first-order valence-corrected chi connectivity index (χ1v) is 8.35. The normalized spacial score (nSPS) is 12.0. The number of nitrogens with zero attached hydrogens (tertiary/aromatic N) is 2. The predicted molar refractivity (Wildman–Crippen MR) is 93.8 cm³/mol. The van der Waals surface area contributed by atoms with Crippen LogP contribution in [0.1, 0.15) is 5.82 Å². The van der Waals surface area contributed by atoms with Gasteiger partial charge >= 0.3 is 5.97 Å². The summed E-state index contributed by atoms with van der Waals surface area (Å²) < 4.78 is 5.46. The number of hydrogen-bond acceptors (Lipinski definition) is 6. The number of aromatic amines is 1. The third-order valence-electron chi connectivity index (χ3n) is 3.45. The van der Waals surface area contributed by atoms with Crippen LogP contribution in [-0.4, -0.2) is 33.9 Å². The molecule has 0 aliphatic heterocycles. The minimum atomic E-state index is -0.708. The first-order valence-electron chi connectivity index (χ1n) is 7.36. The Morgan fingerprint density at radius 3 is 2.80 bits per heavy atom. The number of nitrogens with one attached hydrogen (secondary N) is 1. The van der Waals surface area contributed by atoms with Crippen molar-refractivity contribution in [1.82, 2.24) is 9.97 Å². The van der Waals surface area contributed by atoms with Gasteiger partial charge in [-0.15, -0.1) is 0 Å². The average molecular weight is 357 g/mol. The van der Waals surface area contributed by atoms with Gasteiger partial charge in [-0.25, -0.2) is 9.78 Å². The van der Waals surface area contributed by atoms with E-state index in [-0.39, 0.29) is 22.9 Å². The molecule has 0 spiro atoms. The second kappa shape index (κ2) is 7.27. The molecule has 2 N–H and O–H groups in total. The van der Waals surface area contributed by atoms with E-state index in [0.29, 0.717) is 15.3 Å². The Morgan fingerprint density at radius 2 is 2.08 bits per heavy atom. The van der Waals surface area contributed by atoms with Crippen molar-refractivity contribution in [2.75, 3.05) is 12.9 Å². The van der Waals surface area contributed by atoms with Crippen molar-refractivity contribution in [2.45, 2.75) is 5.03 Å². The number of aliphatic hydroxyl groups is 1. The Balaban J connectivity index is 1.94. The molecule has 0 aliphatic carbocycles. The fourth-order valence-electron chi connectivity index (χ4n) is 2.26. The quantitative estimate of drug-likeness (QED) is 0.182. The first-order chi connectivity index (χ1) is 12.1. The molecule has 0 amide bonds. The van der Waals surface area contributed by atoms with Crippen molar-refractivity contribution >= 4 is 34.3 Å². The first kappa shape index (κ1) is 16.8. The Kier molecular flexibility index (Phi) is 4.90. The maximum atomic E-state index is 12.1. The number of carbonyl (C=O) groups excluding carboxylic acids is 1. The van der Waals surface area contributed by atoms with Crippen LogP contribution in [0.15, 0.2) is 59.4 Å². The molecule has 0 aliphatic rings. The number of hydrogen-bond donors (Lipinski definition) is 2. The predicted octanol–water partition coefficient (Wildman–Crippen LogP) is 2.43. The van der Waals surface area contributed by atoms with E-state index in [9.17, 15) is 15.1 Å². The maximum absolute atomic E-state index is 12.1. The van der Waals surface area contributed by atoms with Gasteiger partial charge < -0.3 is 20.0 Å². The van der Waals surface area contributed by atoms with Crippen LogP contribution in [0.4, 0.5) is 0 Å². The van der Waals surface area contributed by atoms with E-state index in [1.54, 1.807) is 24.3 Å². The molecule has 3 rings (SSSR count). The maximum Gasteiger partial charge on any atom is 0.345 e. The molecule has 2 heterocycles. The molecule has 0 atom stereocenters. The van der Waals surface area contributed by atoms with E-state index in [1.807, 2.05) is 18.2 Å². The van der Waals surface area contributed by atoms with Gasteiger partial charge in [0.05, 0.1) is 23.9 Å². The smallest absolute Gasteiger partial charge is 0.345 e. The van der Waals surface area contributed by atoms with Crippen LogP contribution in [0, 0.1) is 5.21 Å². The number of carbonyl (C=O) groups is 1. The molecule has 0 radical (unpaired) electrons. The molecular weight excluding hydrogens is 342 g/mol. The van der Waals surface area contributed by atoms with Crippen LogP contribution in [0.5, 0.6) is 0 Å². The number of aromatic nitrogens is 3. The molecule has 1 aromatic carbocycles. The summed E-state index contributed by atoms with van der Waals surface area (Å²) in [5.41, 5.74) is 1.35. The standard InChI is InChI=1S/C17H15N3O4S/c1-24-17(22)15(16-18-11-6-2-3-7-12(11)19-16)13(21)10-25-14-8-4-5-9-20(14)23/h2-9,21H,10H2,1H3,(H,18,19). The molecule has 7 nitrogen and oxygen atoms in total. The van der Waals surface area contributed by atoms with Gasteiger partial charge in [0.25, 0.3) is 5.03 Å². The molecule has 0 unspecified atom stereocenters. The Hall–Kier alpha value is -3.00. The van der Waals surface area contributed by atoms with Crippen LogP contribution in [-0.2, 0) is 9.53 Å². The van der Waals surface area contributed by atoms with Gasteiger partial charge in [0.1, 0.15) is 17.2 Å². The molecule has 0 bridgehead atoms. The lowest BCUT2D eigenvalue weighted by Gasteiger charge is -2.07. The largest absolute Gasteiger partial charge is 0.618 e. The van der Waals surface area contributed by atoms with E-state index in [4.69, 9.17) is 4.74 Å². The Morgan fingerprint density at radius 1 is 1.32 bits per heavy atom. The summed E-state index contributed by atoms with van der Waals surface area (Å²) in [6, 6.07) is 12.2. The number of ether oxygens (including phenoxy) is 1. The third kappa shape index (κ3) is 3.58. The monoisotopic (exact) mass is 357 g/mol. The molecule has 0 saturated carbocycles. The van der Waals surface area contributed by atoms with Gasteiger partial charge in [0.2, 0.25) is 0 Å². The van der Waals surface area contributed by atoms with Crippen molar-refractivity contribution in [1.29, 1.82) is 0 Å². The average Bonchev–Trinajstić information content (AvgIpc) is 3.04. The van der Waals surface area contributed by atoms with Crippen molar-refractivity contribution < 1.29 is 19.4 Å². The van der Waals surface area contributed by atoms with Gasteiger partial charge in [-0.2, -0.15) is 4.73 Å². The molecule has 8 heteroatoms. The number of esters is 1. The Bertz CT molecular complexity index is 919. The van der Waals surface area contributed by atoms with Gasteiger partial charge in [-0.3, -0.25) is 0 Å². The highest BCUT2D eigenvalue weighted by atomic mass is 32.2. The highest BCUT2D eigenvalue weighted by Gasteiger charge is 2.22. The number of para-hydroxylation sites is 2. The molecule has 0 fully saturated rings. The number of pyridine rings is 1. The molecule has 2 aromatic heterocycles. The van der Waals surface area contributed by atoms with Crippen LogP contribution in [0.3, 0.4) is 0 Å². The van der Waals surface area contributed by atoms with E-state index >= 15 is 0 Å². The lowest BCUT2D eigenvalue weighted by atomic mass is 10.2. The summed E-state index contributed by atoms with van der Waals surface area (Å²) >= 11 is 1.11. The third-order valence-corrected chi connectivity index (χ3v) is 4.48. The number of methoxy groups -OCH3 is 1. The summed E-state index contributed by atoms with van der Waals surface area (Å²) in [4.78, 5) is 19.5. The molecule has 128 valence electrons. The van der Waals surface area contributed by atoms with E-state index in [1.165, 1.54) is 13.3 Å². The fraction of sp³-hybridized carbons (Fsp3) is 0.118. The molecule has 3 aromatic rings. The number of aliphatic hydroxyl groups excluding tert-OH is 1. The van der Waals surface area contributed by atoms with Crippen LogP contribution < -0.4 is 4.73 Å². The van der Waals surface area contributed by atoms with E-state index in [2.05, 4.69) is 9.97 Å². The zero-order valence-electron chi connectivity index (χ0n) is 13.3. The number of H-pyrrole nitrogens is 1. The second-order valence-corrected chi connectivity index (χ2v) is 6.06. The highest BCUT2D eigenvalue weighted by molar-refractivity contribution is 7.99. The number of fused-ring (bicyclic) bond motifs is 1. The van der Waals surface area contributed by atoms with Gasteiger partial charge in [0.15, 0.2) is 6.20 Å². The van der Waals surface area contributed by atoms with Gasteiger partial charge in [0, 0.05) is 12.1 Å².